The molecule has 0 radical (unpaired) electrons. The van der Waals surface area contributed by atoms with Crippen molar-refractivity contribution in [2.45, 2.75) is 45.7 Å². The van der Waals surface area contributed by atoms with Gasteiger partial charge >= 0.3 is 12.0 Å². The fourth-order valence-electron chi connectivity index (χ4n) is 2.40. The number of urea groups is 1. The van der Waals surface area contributed by atoms with Crippen LogP contribution in [0.2, 0.25) is 0 Å². The minimum absolute atomic E-state index is 0.108. The SMILES string of the molecule is CCCN(C(=O)N(C)C(C)CC)C1COCC1C(=O)O. The number of carboxylic acid groups (broad SMARTS) is 1. The van der Waals surface area contributed by atoms with Crippen LogP contribution < -0.4 is 0 Å². The number of rotatable bonds is 6. The average molecular weight is 286 g/mol. The predicted molar refractivity (Wildman–Crippen MR) is 75.6 cm³/mol. The van der Waals surface area contributed by atoms with Crippen molar-refractivity contribution >= 4 is 12.0 Å². The van der Waals surface area contributed by atoms with Crippen LogP contribution in [0.4, 0.5) is 4.79 Å². The second-order valence-corrected chi connectivity index (χ2v) is 5.39. The summed E-state index contributed by atoms with van der Waals surface area (Å²) in [6.07, 6.45) is 1.66. The Labute approximate surface area is 120 Å². The molecule has 0 bridgehead atoms. The van der Waals surface area contributed by atoms with Crippen molar-refractivity contribution in [3.8, 4) is 0 Å². The Balaban J connectivity index is 2.87. The first kappa shape index (κ1) is 16.8. The van der Waals surface area contributed by atoms with Crippen LogP contribution in [0.1, 0.15) is 33.6 Å². The molecule has 3 atom stereocenters. The number of carbonyl (C=O) groups excluding carboxylic acids is 1. The Morgan fingerprint density at radius 1 is 1.35 bits per heavy atom. The van der Waals surface area contributed by atoms with E-state index in [2.05, 4.69) is 0 Å². The third kappa shape index (κ3) is 3.62. The Hall–Kier alpha value is -1.30. The molecule has 6 heteroatoms. The summed E-state index contributed by atoms with van der Waals surface area (Å²) in [4.78, 5) is 27.2. The van der Waals surface area contributed by atoms with Gasteiger partial charge in [-0.15, -0.1) is 0 Å². The van der Waals surface area contributed by atoms with E-state index in [1.165, 1.54) is 0 Å². The third-order valence-corrected chi connectivity index (χ3v) is 4.03. The van der Waals surface area contributed by atoms with Gasteiger partial charge in [0, 0.05) is 19.6 Å². The van der Waals surface area contributed by atoms with E-state index >= 15 is 0 Å². The lowest BCUT2D eigenvalue weighted by molar-refractivity contribution is -0.142. The summed E-state index contributed by atoms with van der Waals surface area (Å²) in [7, 11) is 1.77. The predicted octanol–water partition coefficient (Wildman–Crippen LogP) is 1.65. The van der Waals surface area contributed by atoms with Crippen molar-refractivity contribution in [2.24, 2.45) is 5.92 Å². The lowest BCUT2D eigenvalue weighted by Crippen LogP contribution is -2.53. The maximum Gasteiger partial charge on any atom is 0.320 e. The second-order valence-electron chi connectivity index (χ2n) is 5.39. The first-order valence-corrected chi connectivity index (χ1v) is 7.27. The summed E-state index contributed by atoms with van der Waals surface area (Å²) in [6, 6.07) is -0.345. The molecule has 0 aromatic heterocycles. The highest BCUT2D eigenvalue weighted by molar-refractivity contribution is 5.77. The number of carbonyl (C=O) groups is 2. The maximum absolute atomic E-state index is 12.6. The highest BCUT2D eigenvalue weighted by Crippen LogP contribution is 2.22. The molecule has 1 aliphatic rings. The Morgan fingerprint density at radius 2 is 2.00 bits per heavy atom. The minimum Gasteiger partial charge on any atom is -0.481 e. The normalized spacial score (nSPS) is 23.4. The van der Waals surface area contributed by atoms with E-state index in [9.17, 15) is 14.7 Å². The molecule has 2 amide bonds. The van der Waals surface area contributed by atoms with E-state index in [0.717, 1.165) is 12.8 Å². The fourth-order valence-corrected chi connectivity index (χ4v) is 2.40. The van der Waals surface area contributed by atoms with Gasteiger partial charge in [0.15, 0.2) is 0 Å². The molecule has 1 rings (SSSR count). The van der Waals surface area contributed by atoms with Crippen molar-refractivity contribution in [1.29, 1.82) is 0 Å². The van der Waals surface area contributed by atoms with Crippen LogP contribution in [0.15, 0.2) is 0 Å². The molecule has 1 aliphatic heterocycles. The molecule has 0 aromatic carbocycles. The summed E-state index contributed by atoms with van der Waals surface area (Å²) in [5.41, 5.74) is 0. The molecule has 20 heavy (non-hydrogen) atoms. The van der Waals surface area contributed by atoms with Crippen LogP contribution in [-0.4, -0.2) is 65.8 Å². The van der Waals surface area contributed by atoms with Crippen LogP contribution >= 0.6 is 0 Å². The first-order chi connectivity index (χ1) is 9.43. The number of amides is 2. The van der Waals surface area contributed by atoms with Gasteiger partial charge in [0.05, 0.1) is 19.3 Å². The Bertz CT molecular complexity index is 348. The number of hydrogen-bond acceptors (Lipinski definition) is 3. The standard InChI is InChI=1S/C14H26N2O4/c1-5-7-16(14(19)15(4)10(3)6-2)12-9-20-8-11(12)13(17)18/h10-12H,5-9H2,1-4H3,(H,17,18). The topological polar surface area (TPSA) is 70.1 Å². The maximum atomic E-state index is 12.6. The van der Waals surface area contributed by atoms with Crippen molar-refractivity contribution in [3.63, 3.8) is 0 Å². The van der Waals surface area contributed by atoms with Crippen molar-refractivity contribution in [2.75, 3.05) is 26.8 Å². The van der Waals surface area contributed by atoms with Gasteiger partial charge in [-0.2, -0.15) is 0 Å². The smallest absolute Gasteiger partial charge is 0.320 e. The highest BCUT2D eigenvalue weighted by atomic mass is 16.5. The monoisotopic (exact) mass is 286 g/mol. The minimum atomic E-state index is -0.896. The Morgan fingerprint density at radius 3 is 2.50 bits per heavy atom. The van der Waals surface area contributed by atoms with E-state index in [-0.39, 0.29) is 24.7 Å². The number of carboxylic acids is 1. The van der Waals surface area contributed by atoms with Gasteiger partial charge in [-0.3, -0.25) is 4.79 Å². The van der Waals surface area contributed by atoms with Gasteiger partial charge in [0.25, 0.3) is 0 Å². The summed E-state index contributed by atoms with van der Waals surface area (Å²) in [5.74, 6) is -1.52. The first-order valence-electron chi connectivity index (χ1n) is 7.27. The molecule has 1 N–H and O–H groups in total. The number of hydrogen-bond donors (Lipinski definition) is 1. The second kappa shape index (κ2) is 7.47. The van der Waals surface area contributed by atoms with Crippen molar-refractivity contribution in [1.82, 2.24) is 9.80 Å². The Kier molecular flexibility index (Phi) is 6.26. The summed E-state index contributed by atoms with van der Waals surface area (Å²) >= 11 is 0. The molecule has 1 fully saturated rings. The van der Waals surface area contributed by atoms with Crippen LogP contribution in [0, 0.1) is 5.92 Å². The average Bonchev–Trinajstić information content (AvgIpc) is 2.91. The third-order valence-electron chi connectivity index (χ3n) is 4.03. The largest absolute Gasteiger partial charge is 0.481 e. The highest BCUT2D eigenvalue weighted by Gasteiger charge is 2.40. The molecule has 0 aliphatic carbocycles. The quantitative estimate of drug-likeness (QED) is 0.806. The van der Waals surface area contributed by atoms with Crippen LogP contribution in [0.25, 0.3) is 0 Å². The molecule has 0 aromatic rings. The molecule has 1 heterocycles. The van der Waals surface area contributed by atoms with E-state index in [1.54, 1.807) is 16.8 Å². The molecule has 1 saturated heterocycles. The molecule has 3 unspecified atom stereocenters. The van der Waals surface area contributed by atoms with Crippen LogP contribution in [0.3, 0.4) is 0 Å². The lowest BCUT2D eigenvalue weighted by atomic mass is 10.0. The van der Waals surface area contributed by atoms with E-state index < -0.39 is 11.9 Å². The summed E-state index contributed by atoms with van der Waals surface area (Å²) < 4.78 is 5.28. The van der Waals surface area contributed by atoms with Crippen LogP contribution in [0.5, 0.6) is 0 Å². The zero-order chi connectivity index (χ0) is 15.3. The summed E-state index contributed by atoms with van der Waals surface area (Å²) in [5, 5.41) is 9.24. The number of nitrogens with zero attached hydrogens (tertiary/aromatic N) is 2. The van der Waals surface area contributed by atoms with Crippen molar-refractivity contribution < 1.29 is 19.4 Å². The van der Waals surface area contributed by atoms with Crippen LogP contribution in [-0.2, 0) is 9.53 Å². The number of aliphatic carboxylic acids is 1. The fraction of sp³-hybridized carbons (Fsp3) is 0.857. The van der Waals surface area contributed by atoms with Gasteiger partial charge in [0.2, 0.25) is 0 Å². The van der Waals surface area contributed by atoms with Gasteiger partial charge in [-0.05, 0) is 19.8 Å². The molecule has 0 saturated carbocycles. The van der Waals surface area contributed by atoms with Gasteiger partial charge < -0.3 is 19.6 Å². The molecular formula is C14H26N2O4. The molecule has 6 nitrogen and oxygen atoms in total. The van der Waals surface area contributed by atoms with Gasteiger partial charge in [-0.25, -0.2) is 4.79 Å². The zero-order valence-corrected chi connectivity index (χ0v) is 12.8. The number of ether oxygens (including phenoxy) is 1. The zero-order valence-electron chi connectivity index (χ0n) is 12.8. The molecule has 0 spiro atoms. The van der Waals surface area contributed by atoms with E-state index in [4.69, 9.17) is 4.74 Å². The van der Waals surface area contributed by atoms with E-state index in [1.807, 2.05) is 20.8 Å². The van der Waals surface area contributed by atoms with Gasteiger partial charge in [0.1, 0.15) is 5.92 Å². The molecule has 116 valence electrons. The summed E-state index contributed by atoms with van der Waals surface area (Å²) in [6.45, 7) is 7.03. The van der Waals surface area contributed by atoms with Gasteiger partial charge in [-0.1, -0.05) is 13.8 Å². The molecular weight excluding hydrogens is 260 g/mol. The lowest BCUT2D eigenvalue weighted by Gasteiger charge is -2.35. The van der Waals surface area contributed by atoms with E-state index in [0.29, 0.717) is 13.2 Å². The van der Waals surface area contributed by atoms with Crippen molar-refractivity contribution in [3.05, 3.63) is 0 Å².